The number of carboxylic acids is 1. The third-order valence-electron chi connectivity index (χ3n) is 1.32. The molecule has 70 valence electrons. The van der Waals surface area contributed by atoms with E-state index in [0.717, 1.165) is 0 Å². The Balaban J connectivity index is 3.52. The Morgan fingerprint density at radius 3 is 2.50 bits per heavy atom. The zero-order valence-electron chi connectivity index (χ0n) is 6.82. The number of carbonyl (C=O) groups excluding carboxylic acids is 1. The second-order valence-electron chi connectivity index (χ2n) is 2.37. The fourth-order valence-electron chi connectivity index (χ4n) is 0.668. The van der Waals surface area contributed by atoms with Crippen LogP contribution < -0.4 is 0 Å². The Morgan fingerprint density at radius 1 is 1.50 bits per heavy atom. The van der Waals surface area contributed by atoms with Crippen molar-refractivity contribution in [1.82, 2.24) is 0 Å². The fourth-order valence-corrected chi connectivity index (χ4v) is 0.668. The molecular weight excluding hydrogens is 164 g/mol. The van der Waals surface area contributed by atoms with Crippen molar-refractivity contribution in [3.05, 3.63) is 0 Å². The van der Waals surface area contributed by atoms with Gasteiger partial charge < -0.3 is 14.9 Å². The highest BCUT2D eigenvalue weighted by atomic mass is 16.5. The van der Waals surface area contributed by atoms with Crippen LogP contribution in [0.25, 0.3) is 0 Å². The van der Waals surface area contributed by atoms with Crippen molar-refractivity contribution in [2.24, 2.45) is 0 Å². The topological polar surface area (TPSA) is 83.8 Å². The van der Waals surface area contributed by atoms with E-state index >= 15 is 0 Å². The van der Waals surface area contributed by atoms with Gasteiger partial charge in [-0.2, -0.15) is 0 Å². The Hall–Kier alpha value is -1.10. The van der Waals surface area contributed by atoms with Crippen LogP contribution in [0.3, 0.4) is 0 Å². The highest BCUT2D eigenvalue weighted by Gasteiger charge is 2.11. The molecule has 1 atom stereocenters. The maximum absolute atomic E-state index is 10.5. The minimum absolute atomic E-state index is 0.0738. The van der Waals surface area contributed by atoms with Crippen molar-refractivity contribution in [2.75, 3.05) is 7.11 Å². The molecule has 0 aliphatic rings. The van der Waals surface area contributed by atoms with E-state index < -0.39 is 18.0 Å². The Labute approximate surface area is 70.0 Å². The summed E-state index contributed by atoms with van der Waals surface area (Å²) in [5, 5.41) is 17.3. The first-order valence-corrected chi connectivity index (χ1v) is 3.53. The first-order valence-electron chi connectivity index (χ1n) is 3.53. The number of esters is 1. The summed E-state index contributed by atoms with van der Waals surface area (Å²) in [5.74, 6) is -1.52. The summed E-state index contributed by atoms with van der Waals surface area (Å²) >= 11 is 0. The molecule has 0 heterocycles. The van der Waals surface area contributed by atoms with E-state index in [1.54, 1.807) is 0 Å². The zero-order chi connectivity index (χ0) is 9.56. The van der Waals surface area contributed by atoms with Gasteiger partial charge in [-0.3, -0.25) is 9.59 Å². The van der Waals surface area contributed by atoms with Crippen LogP contribution in [0.1, 0.15) is 19.3 Å². The van der Waals surface area contributed by atoms with Gasteiger partial charge in [0, 0.05) is 6.42 Å². The molecule has 0 unspecified atom stereocenters. The lowest BCUT2D eigenvalue weighted by atomic mass is 10.1. The van der Waals surface area contributed by atoms with Gasteiger partial charge >= 0.3 is 11.9 Å². The molecule has 0 aromatic carbocycles. The Morgan fingerprint density at radius 2 is 2.08 bits per heavy atom. The minimum Gasteiger partial charge on any atom is -0.481 e. The van der Waals surface area contributed by atoms with E-state index in [1.807, 2.05) is 0 Å². The smallest absolute Gasteiger partial charge is 0.308 e. The van der Waals surface area contributed by atoms with Crippen molar-refractivity contribution >= 4 is 11.9 Å². The van der Waals surface area contributed by atoms with E-state index in [2.05, 4.69) is 4.74 Å². The molecule has 0 spiro atoms. The summed E-state index contributed by atoms with van der Waals surface area (Å²) in [5.41, 5.74) is 0. The van der Waals surface area contributed by atoms with Crippen LogP contribution >= 0.6 is 0 Å². The normalized spacial score (nSPS) is 12.2. The van der Waals surface area contributed by atoms with Crippen LogP contribution in [-0.2, 0) is 14.3 Å². The lowest BCUT2D eigenvalue weighted by molar-refractivity contribution is -0.144. The fraction of sp³-hybridized carbons (Fsp3) is 0.714. The highest BCUT2D eigenvalue weighted by molar-refractivity contribution is 5.70. The van der Waals surface area contributed by atoms with Gasteiger partial charge in [0.05, 0.1) is 19.6 Å². The number of hydrogen-bond donors (Lipinski definition) is 2. The number of carboxylic acid groups (broad SMARTS) is 1. The van der Waals surface area contributed by atoms with Gasteiger partial charge in [-0.15, -0.1) is 0 Å². The van der Waals surface area contributed by atoms with Crippen molar-refractivity contribution in [2.45, 2.75) is 25.4 Å². The third-order valence-corrected chi connectivity index (χ3v) is 1.32. The van der Waals surface area contributed by atoms with Gasteiger partial charge in [-0.1, -0.05) is 0 Å². The van der Waals surface area contributed by atoms with Gasteiger partial charge in [-0.05, 0) is 6.42 Å². The summed E-state index contributed by atoms with van der Waals surface area (Å²) in [6, 6.07) is 0. The van der Waals surface area contributed by atoms with E-state index in [1.165, 1.54) is 7.11 Å². The molecule has 5 nitrogen and oxygen atoms in total. The van der Waals surface area contributed by atoms with Crippen LogP contribution in [0.4, 0.5) is 0 Å². The SMILES string of the molecule is COC(=O)C[C@H](O)CCC(=O)O. The van der Waals surface area contributed by atoms with Crippen LogP contribution in [0.5, 0.6) is 0 Å². The molecular formula is C7H12O5. The average Bonchev–Trinajstić information content (AvgIpc) is 2.00. The molecule has 0 aliphatic heterocycles. The predicted octanol–water partition coefficient (Wildman–Crippen LogP) is -0.225. The maximum atomic E-state index is 10.5. The first kappa shape index (κ1) is 10.9. The van der Waals surface area contributed by atoms with Gasteiger partial charge in [0.2, 0.25) is 0 Å². The third kappa shape index (κ3) is 5.67. The van der Waals surface area contributed by atoms with Gasteiger partial charge in [0.15, 0.2) is 0 Å². The molecule has 0 radical (unpaired) electrons. The van der Waals surface area contributed by atoms with Gasteiger partial charge in [0.1, 0.15) is 0 Å². The summed E-state index contributed by atoms with van der Waals surface area (Å²) in [4.78, 5) is 20.6. The molecule has 0 bridgehead atoms. The lowest BCUT2D eigenvalue weighted by Gasteiger charge is -2.06. The van der Waals surface area contributed by atoms with E-state index in [-0.39, 0.29) is 19.3 Å². The molecule has 0 rings (SSSR count). The van der Waals surface area contributed by atoms with Crippen molar-refractivity contribution in [1.29, 1.82) is 0 Å². The highest BCUT2D eigenvalue weighted by Crippen LogP contribution is 2.02. The standard InChI is InChI=1S/C7H12O5/c1-12-7(11)4-5(8)2-3-6(9)10/h5,8H,2-4H2,1H3,(H,9,10)/t5-/m1/s1. The largest absolute Gasteiger partial charge is 0.481 e. The number of rotatable bonds is 5. The van der Waals surface area contributed by atoms with Crippen LogP contribution in [0.2, 0.25) is 0 Å². The number of methoxy groups -OCH3 is 1. The Bertz CT molecular complexity index is 165. The summed E-state index contributed by atoms with van der Waals surface area (Å²) < 4.78 is 4.28. The molecule has 0 saturated carbocycles. The molecule has 12 heavy (non-hydrogen) atoms. The molecule has 0 fully saturated rings. The Kier molecular flexibility index (Phi) is 5.03. The number of aliphatic hydroxyl groups excluding tert-OH is 1. The molecule has 2 N–H and O–H groups in total. The minimum atomic E-state index is -0.987. The molecule has 0 aliphatic carbocycles. The first-order chi connectivity index (χ1) is 5.56. The molecule has 0 saturated heterocycles. The number of ether oxygens (including phenoxy) is 1. The van der Waals surface area contributed by atoms with Crippen molar-refractivity contribution < 1.29 is 24.5 Å². The van der Waals surface area contributed by atoms with E-state index in [4.69, 9.17) is 10.2 Å². The summed E-state index contributed by atoms with van der Waals surface area (Å²) in [6.45, 7) is 0. The second-order valence-corrected chi connectivity index (χ2v) is 2.37. The number of aliphatic carboxylic acids is 1. The summed E-state index contributed by atoms with van der Waals surface area (Å²) in [7, 11) is 1.21. The molecule has 0 aromatic rings. The van der Waals surface area contributed by atoms with Crippen LogP contribution in [-0.4, -0.2) is 35.4 Å². The number of hydrogen-bond acceptors (Lipinski definition) is 4. The predicted molar refractivity (Wildman–Crippen MR) is 39.5 cm³/mol. The second kappa shape index (κ2) is 5.54. The number of aliphatic hydroxyl groups is 1. The summed E-state index contributed by atoms with van der Waals surface area (Å²) in [6.07, 6.45) is -1.14. The van der Waals surface area contributed by atoms with Crippen LogP contribution in [0, 0.1) is 0 Å². The number of carbonyl (C=O) groups is 2. The van der Waals surface area contributed by atoms with E-state index in [0.29, 0.717) is 0 Å². The molecule has 5 heteroatoms. The quantitative estimate of drug-likeness (QED) is 0.565. The van der Waals surface area contributed by atoms with E-state index in [9.17, 15) is 9.59 Å². The van der Waals surface area contributed by atoms with Gasteiger partial charge in [0.25, 0.3) is 0 Å². The van der Waals surface area contributed by atoms with Crippen molar-refractivity contribution in [3.8, 4) is 0 Å². The lowest BCUT2D eigenvalue weighted by Crippen LogP contribution is -2.15. The molecule has 0 amide bonds. The zero-order valence-corrected chi connectivity index (χ0v) is 6.82. The monoisotopic (exact) mass is 176 g/mol. The maximum Gasteiger partial charge on any atom is 0.308 e. The average molecular weight is 176 g/mol. The molecule has 0 aromatic heterocycles. The van der Waals surface area contributed by atoms with Gasteiger partial charge in [-0.25, -0.2) is 0 Å². The van der Waals surface area contributed by atoms with Crippen LogP contribution in [0.15, 0.2) is 0 Å². The van der Waals surface area contributed by atoms with Crippen molar-refractivity contribution in [3.63, 3.8) is 0 Å².